The Kier molecular flexibility index (Phi) is 11.0. The van der Waals surface area contributed by atoms with Crippen molar-refractivity contribution in [3.63, 3.8) is 0 Å². The van der Waals surface area contributed by atoms with Gasteiger partial charge in [0.05, 0.1) is 26.4 Å². The van der Waals surface area contributed by atoms with Crippen LogP contribution in [0, 0.1) is 5.92 Å². The molecule has 0 aromatic heterocycles. The highest BCUT2D eigenvalue weighted by molar-refractivity contribution is 14.0. The molecule has 1 aliphatic heterocycles. The van der Waals surface area contributed by atoms with Gasteiger partial charge in [0.2, 0.25) is 0 Å². The minimum atomic E-state index is 0. The van der Waals surface area contributed by atoms with Crippen LogP contribution in [0.15, 0.2) is 35.3 Å². The molecular formula is C18H30IN3O2. The molecule has 1 aromatic carbocycles. The van der Waals surface area contributed by atoms with Crippen LogP contribution in [-0.2, 0) is 16.1 Å². The first-order chi connectivity index (χ1) is 11.3. The van der Waals surface area contributed by atoms with Gasteiger partial charge >= 0.3 is 0 Å². The topological polar surface area (TPSA) is 46.1 Å². The lowest BCUT2D eigenvalue weighted by molar-refractivity contribution is 0.128. The monoisotopic (exact) mass is 447 g/mol. The average molecular weight is 447 g/mol. The van der Waals surface area contributed by atoms with Gasteiger partial charge < -0.3 is 19.7 Å². The molecule has 1 N–H and O–H groups in total. The summed E-state index contributed by atoms with van der Waals surface area (Å²) in [6, 6.07) is 10.2. The summed E-state index contributed by atoms with van der Waals surface area (Å²) in [5.41, 5.74) is 1.20. The summed E-state index contributed by atoms with van der Waals surface area (Å²) in [6.45, 7) is 7.84. The van der Waals surface area contributed by atoms with Crippen LogP contribution in [0.1, 0.15) is 18.9 Å². The number of hydrogen-bond acceptors (Lipinski definition) is 3. The van der Waals surface area contributed by atoms with Gasteiger partial charge in [0.15, 0.2) is 5.96 Å². The van der Waals surface area contributed by atoms with Gasteiger partial charge in [0.1, 0.15) is 0 Å². The van der Waals surface area contributed by atoms with Crippen molar-refractivity contribution in [2.24, 2.45) is 10.9 Å². The van der Waals surface area contributed by atoms with E-state index in [1.54, 1.807) is 7.11 Å². The predicted octanol–water partition coefficient (Wildman–Crippen LogP) is 2.76. The van der Waals surface area contributed by atoms with Crippen LogP contribution < -0.4 is 5.32 Å². The molecule has 1 saturated heterocycles. The number of halogens is 1. The van der Waals surface area contributed by atoms with E-state index in [4.69, 9.17) is 9.47 Å². The van der Waals surface area contributed by atoms with Crippen LogP contribution in [0.2, 0.25) is 0 Å². The number of guanidine groups is 1. The minimum absolute atomic E-state index is 0. The van der Waals surface area contributed by atoms with Crippen molar-refractivity contribution in [2.75, 3.05) is 46.5 Å². The second-order valence-corrected chi connectivity index (χ2v) is 5.83. The molecule has 1 unspecified atom stereocenters. The van der Waals surface area contributed by atoms with Gasteiger partial charge in [-0.25, -0.2) is 0 Å². The van der Waals surface area contributed by atoms with Crippen LogP contribution in [-0.4, -0.2) is 57.4 Å². The molecule has 1 atom stereocenters. The van der Waals surface area contributed by atoms with E-state index in [1.807, 2.05) is 18.2 Å². The Balaban J connectivity index is 0.00000288. The van der Waals surface area contributed by atoms with Crippen molar-refractivity contribution in [3.05, 3.63) is 35.9 Å². The second-order valence-electron chi connectivity index (χ2n) is 5.83. The summed E-state index contributed by atoms with van der Waals surface area (Å²) in [7, 11) is 1.77. The van der Waals surface area contributed by atoms with Crippen molar-refractivity contribution in [1.82, 2.24) is 10.2 Å². The van der Waals surface area contributed by atoms with Gasteiger partial charge in [-0.3, -0.25) is 4.99 Å². The Hall–Kier alpha value is -0.860. The third-order valence-corrected chi connectivity index (χ3v) is 3.93. The molecule has 6 heteroatoms. The first kappa shape index (κ1) is 21.2. The summed E-state index contributed by atoms with van der Waals surface area (Å²) in [6.07, 6.45) is 1.17. The van der Waals surface area contributed by atoms with E-state index in [0.717, 1.165) is 32.2 Å². The molecule has 0 radical (unpaired) electrons. The van der Waals surface area contributed by atoms with Crippen molar-refractivity contribution in [1.29, 1.82) is 0 Å². The number of benzene rings is 1. The van der Waals surface area contributed by atoms with Crippen LogP contribution in [0.25, 0.3) is 0 Å². The highest BCUT2D eigenvalue weighted by atomic mass is 127. The number of hydrogen-bond donors (Lipinski definition) is 1. The molecule has 0 amide bonds. The Morgan fingerprint density at radius 1 is 1.33 bits per heavy atom. The Bertz CT molecular complexity index is 471. The van der Waals surface area contributed by atoms with Crippen molar-refractivity contribution >= 4 is 29.9 Å². The SMILES string of the molecule is CCNC(=NCCOCc1ccccc1)N1CCC(COC)C1.I. The van der Waals surface area contributed by atoms with E-state index >= 15 is 0 Å². The first-order valence-corrected chi connectivity index (χ1v) is 8.47. The lowest BCUT2D eigenvalue weighted by Crippen LogP contribution is -2.40. The molecule has 1 heterocycles. The maximum atomic E-state index is 5.70. The fourth-order valence-corrected chi connectivity index (χ4v) is 2.80. The van der Waals surface area contributed by atoms with Crippen molar-refractivity contribution in [3.8, 4) is 0 Å². The molecule has 1 aliphatic rings. The summed E-state index contributed by atoms with van der Waals surface area (Å²) >= 11 is 0. The number of nitrogens with zero attached hydrogens (tertiary/aromatic N) is 2. The standard InChI is InChI=1S/C18H29N3O2.HI/c1-3-19-18(21-11-9-17(13-21)14-22-2)20-10-12-23-15-16-7-5-4-6-8-16;/h4-8,17H,3,9-15H2,1-2H3,(H,19,20);1H. The molecule has 0 bridgehead atoms. The largest absolute Gasteiger partial charge is 0.384 e. The molecule has 0 saturated carbocycles. The zero-order valence-electron chi connectivity index (χ0n) is 14.7. The van der Waals surface area contributed by atoms with Crippen molar-refractivity contribution in [2.45, 2.75) is 20.0 Å². The Labute approximate surface area is 162 Å². The van der Waals surface area contributed by atoms with Gasteiger partial charge in [-0.2, -0.15) is 0 Å². The van der Waals surface area contributed by atoms with Gasteiger partial charge in [-0.15, -0.1) is 24.0 Å². The fraction of sp³-hybridized carbons (Fsp3) is 0.611. The first-order valence-electron chi connectivity index (χ1n) is 8.47. The third-order valence-electron chi connectivity index (χ3n) is 3.93. The van der Waals surface area contributed by atoms with Gasteiger partial charge in [0.25, 0.3) is 0 Å². The number of aliphatic imine (C=N–C) groups is 1. The molecule has 5 nitrogen and oxygen atoms in total. The van der Waals surface area contributed by atoms with E-state index in [0.29, 0.717) is 25.7 Å². The van der Waals surface area contributed by atoms with Crippen LogP contribution >= 0.6 is 24.0 Å². The number of ether oxygens (including phenoxy) is 2. The molecule has 1 fully saturated rings. The lowest BCUT2D eigenvalue weighted by Gasteiger charge is -2.21. The fourth-order valence-electron chi connectivity index (χ4n) is 2.80. The number of likely N-dealkylation sites (tertiary alicyclic amines) is 1. The number of methoxy groups -OCH3 is 1. The number of nitrogens with one attached hydrogen (secondary N) is 1. The molecule has 136 valence electrons. The van der Waals surface area contributed by atoms with Crippen LogP contribution in [0.4, 0.5) is 0 Å². The summed E-state index contributed by atoms with van der Waals surface area (Å²) in [5.74, 6) is 1.60. The summed E-state index contributed by atoms with van der Waals surface area (Å²) in [4.78, 5) is 7.01. The average Bonchev–Trinajstić information content (AvgIpc) is 3.03. The molecule has 2 rings (SSSR count). The molecular weight excluding hydrogens is 417 g/mol. The zero-order valence-corrected chi connectivity index (χ0v) is 17.1. The minimum Gasteiger partial charge on any atom is -0.384 e. The smallest absolute Gasteiger partial charge is 0.194 e. The quantitative estimate of drug-likeness (QED) is 0.288. The van der Waals surface area contributed by atoms with Crippen molar-refractivity contribution < 1.29 is 9.47 Å². The maximum Gasteiger partial charge on any atom is 0.194 e. The van der Waals surface area contributed by atoms with E-state index in [9.17, 15) is 0 Å². The molecule has 0 aliphatic carbocycles. The normalized spacial score (nSPS) is 17.7. The Morgan fingerprint density at radius 3 is 2.83 bits per heavy atom. The van der Waals surface area contributed by atoms with Crippen LogP contribution in [0.5, 0.6) is 0 Å². The van der Waals surface area contributed by atoms with E-state index in [1.165, 1.54) is 12.0 Å². The zero-order chi connectivity index (χ0) is 16.3. The highest BCUT2D eigenvalue weighted by Gasteiger charge is 2.24. The van der Waals surface area contributed by atoms with E-state index < -0.39 is 0 Å². The molecule has 1 aromatic rings. The maximum absolute atomic E-state index is 5.70. The van der Waals surface area contributed by atoms with Gasteiger partial charge in [-0.1, -0.05) is 30.3 Å². The van der Waals surface area contributed by atoms with Crippen LogP contribution in [0.3, 0.4) is 0 Å². The summed E-state index contributed by atoms with van der Waals surface area (Å²) < 4.78 is 11.0. The number of rotatable bonds is 8. The molecule has 0 spiro atoms. The van der Waals surface area contributed by atoms with Gasteiger partial charge in [0, 0.05) is 32.7 Å². The Morgan fingerprint density at radius 2 is 2.12 bits per heavy atom. The highest BCUT2D eigenvalue weighted by Crippen LogP contribution is 2.16. The summed E-state index contributed by atoms with van der Waals surface area (Å²) in [5, 5.41) is 3.38. The third kappa shape index (κ3) is 7.36. The van der Waals surface area contributed by atoms with E-state index in [-0.39, 0.29) is 24.0 Å². The predicted molar refractivity (Wildman–Crippen MR) is 109 cm³/mol. The van der Waals surface area contributed by atoms with E-state index in [2.05, 4.69) is 34.3 Å². The lowest BCUT2D eigenvalue weighted by atomic mass is 10.1. The second kappa shape index (κ2) is 12.5. The molecule has 24 heavy (non-hydrogen) atoms. The van der Waals surface area contributed by atoms with Gasteiger partial charge in [-0.05, 0) is 18.9 Å².